The Balaban J connectivity index is 1.86. The number of piperidine rings is 1. The second-order valence-corrected chi connectivity index (χ2v) is 7.00. The van der Waals surface area contributed by atoms with Gasteiger partial charge < -0.3 is 10.2 Å². The summed E-state index contributed by atoms with van der Waals surface area (Å²) in [5.41, 5.74) is 3.45. The van der Waals surface area contributed by atoms with Crippen LogP contribution in [0.15, 0.2) is 29.9 Å². The van der Waals surface area contributed by atoms with Crippen LogP contribution in [-0.2, 0) is 0 Å². The second kappa shape index (κ2) is 6.67. The van der Waals surface area contributed by atoms with E-state index in [2.05, 4.69) is 22.1 Å². The number of hydrogen-bond acceptors (Lipinski definition) is 4. The SMILES string of the molecule is CC1CCCN(c2ccc(Cl)cc2NC(=O)c2cncs2)C1. The highest BCUT2D eigenvalue weighted by molar-refractivity contribution is 7.11. The normalized spacial score (nSPS) is 18.3. The lowest BCUT2D eigenvalue weighted by Crippen LogP contribution is -2.34. The maximum atomic E-state index is 12.3. The van der Waals surface area contributed by atoms with Gasteiger partial charge >= 0.3 is 0 Å². The highest BCUT2D eigenvalue weighted by Crippen LogP contribution is 2.32. The van der Waals surface area contributed by atoms with Gasteiger partial charge in [-0.05, 0) is 37.0 Å². The Morgan fingerprint density at radius 3 is 3.09 bits per heavy atom. The van der Waals surface area contributed by atoms with E-state index in [1.807, 2.05) is 18.2 Å². The maximum Gasteiger partial charge on any atom is 0.267 e. The van der Waals surface area contributed by atoms with Crippen LogP contribution in [0.5, 0.6) is 0 Å². The van der Waals surface area contributed by atoms with Gasteiger partial charge in [0.15, 0.2) is 0 Å². The van der Waals surface area contributed by atoms with E-state index in [1.54, 1.807) is 11.7 Å². The van der Waals surface area contributed by atoms with Crippen LogP contribution in [0.4, 0.5) is 11.4 Å². The number of nitrogens with one attached hydrogen (secondary N) is 1. The van der Waals surface area contributed by atoms with E-state index in [0.717, 1.165) is 24.5 Å². The Kier molecular flexibility index (Phi) is 4.64. The first-order valence-electron chi connectivity index (χ1n) is 7.38. The van der Waals surface area contributed by atoms with E-state index >= 15 is 0 Å². The lowest BCUT2D eigenvalue weighted by Gasteiger charge is -2.34. The number of thiazole rings is 1. The van der Waals surface area contributed by atoms with Gasteiger partial charge in [-0.15, -0.1) is 11.3 Å². The first-order valence-corrected chi connectivity index (χ1v) is 8.63. The lowest BCUT2D eigenvalue weighted by molar-refractivity contribution is 0.103. The van der Waals surface area contributed by atoms with Crippen molar-refractivity contribution in [3.63, 3.8) is 0 Å². The molecule has 1 amide bonds. The van der Waals surface area contributed by atoms with Gasteiger partial charge in [0.1, 0.15) is 4.88 Å². The van der Waals surface area contributed by atoms with E-state index in [0.29, 0.717) is 15.8 Å². The third-order valence-electron chi connectivity index (χ3n) is 3.86. The van der Waals surface area contributed by atoms with Crippen molar-refractivity contribution in [1.29, 1.82) is 0 Å². The summed E-state index contributed by atoms with van der Waals surface area (Å²) in [5.74, 6) is 0.519. The van der Waals surface area contributed by atoms with Gasteiger partial charge in [-0.3, -0.25) is 9.78 Å². The number of halogens is 1. The van der Waals surface area contributed by atoms with E-state index in [9.17, 15) is 4.79 Å². The number of carbonyl (C=O) groups is 1. The molecular weight excluding hydrogens is 318 g/mol. The van der Waals surface area contributed by atoms with Crippen molar-refractivity contribution in [2.75, 3.05) is 23.3 Å². The van der Waals surface area contributed by atoms with Gasteiger partial charge in [0.25, 0.3) is 5.91 Å². The molecular formula is C16H18ClN3OS. The third kappa shape index (κ3) is 3.42. The molecule has 0 spiro atoms. The van der Waals surface area contributed by atoms with Crippen molar-refractivity contribution in [3.05, 3.63) is 39.8 Å². The minimum atomic E-state index is -0.143. The Morgan fingerprint density at radius 1 is 1.50 bits per heavy atom. The fourth-order valence-electron chi connectivity index (χ4n) is 2.80. The van der Waals surface area contributed by atoms with Gasteiger partial charge in [-0.2, -0.15) is 0 Å². The monoisotopic (exact) mass is 335 g/mol. The zero-order valence-electron chi connectivity index (χ0n) is 12.4. The van der Waals surface area contributed by atoms with Crippen LogP contribution in [0.25, 0.3) is 0 Å². The molecule has 1 fully saturated rings. The van der Waals surface area contributed by atoms with Crippen LogP contribution < -0.4 is 10.2 Å². The minimum Gasteiger partial charge on any atom is -0.370 e. The molecule has 1 atom stereocenters. The minimum absolute atomic E-state index is 0.143. The summed E-state index contributed by atoms with van der Waals surface area (Å²) in [4.78, 5) is 19.2. The number of aromatic nitrogens is 1. The van der Waals surface area contributed by atoms with Gasteiger partial charge in [0.05, 0.1) is 23.1 Å². The average Bonchev–Trinajstić information content (AvgIpc) is 3.01. The molecule has 116 valence electrons. The summed E-state index contributed by atoms with van der Waals surface area (Å²) in [7, 11) is 0. The number of rotatable bonds is 3. The molecule has 2 aromatic rings. The Morgan fingerprint density at radius 2 is 2.36 bits per heavy atom. The third-order valence-corrected chi connectivity index (χ3v) is 4.87. The number of benzene rings is 1. The topological polar surface area (TPSA) is 45.2 Å². The summed E-state index contributed by atoms with van der Waals surface area (Å²) >= 11 is 7.44. The van der Waals surface area contributed by atoms with Crippen molar-refractivity contribution < 1.29 is 4.79 Å². The summed E-state index contributed by atoms with van der Waals surface area (Å²) in [6.07, 6.45) is 4.01. The molecule has 1 saturated heterocycles. The van der Waals surface area contributed by atoms with Gasteiger partial charge in [0, 0.05) is 18.1 Å². The first kappa shape index (κ1) is 15.3. The van der Waals surface area contributed by atoms with Crippen molar-refractivity contribution in [2.45, 2.75) is 19.8 Å². The zero-order valence-corrected chi connectivity index (χ0v) is 14.0. The molecule has 3 rings (SSSR count). The quantitative estimate of drug-likeness (QED) is 0.910. The molecule has 1 aromatic carbocycles. The fraction of sp³-hybridized carbons (Fsp3) is 0.375. The molecule has 0 saturated carbocycles. The van der Waals surface area contributed by atoms with Crippen molar-refractivity contribution in [3.8, 4) is 0 Å². The lowest BCUT2D eigenvalue weighted by atomic mass is 9.99. The zero-order chi connectivity index (χ0) is 15.5. The number of carbonyl (C=O) groups excluding carboxylic acids is 1. The van der Waals surface area contributed by atoms with Crippen molar-refractivity contribution in [1.82, 2.24) is 4.98 Å². The number of anilines is 2. The molecule has 0 radical (unpaired) electrons. The predicted octanol–water partition coefficient (Wildman–Crippen LogP) is 4.29. The van der Waals surface area contributed by atoms with Crippen LogP contribution in [-0.4, -0.2) is 24.0 Å². The average molecular weight is 336 g/mol. The summed E-state index contributed by atoms with van der Waals surface area (Å²) in [5, 5.41) is 3.59. The number of amides is 1. The highest BCUT2D eigenvalue weighted by Gasteiger charge is 2.20. The second-order valence-electron chi connectivity index (χ2n) is 5.67. The van der Waals surface area contributed by atoms with Crippen molar-refractivity contribution >= 4 is 40.2 Å². The molecule has 1 aromatic heterocycles. The highest BCUT2D eigenvalue weighted by atomic mass is 35.5. The molecule has 22 heavy (non-hydrogen) atoms. The number of hydrogen-bond donors (Lipinski definition) is 1. The van der Waals surface area contributed by atoms with Crippen LogP contribution in [0.1, 0.15) is 29.4 Å². The Hall–Kier alpha value is -1.59. The standard InChI is InChI=1S/C16H18ClN3OS/c1-11-3-2-6-20(9-11)14-5-4-12(17)7-13(14)19-16(21)15-8-18-10-22-15/h4-5,7-8,10-11H,2-3,6,9H2,1H3,(H,19,21). The van der Waals surface area contributed by atoms with E-state index < -0.39 is 0 Å². The molecule has 1 aliphatic heterocycles. The van der Waals surface area contributed by atoms with Crippen LogP contribution in [0.3, 0.4) is 0 Å². The van der Waals surface area contributed by atoms with Crippen LogP contribution >= 0.6 is 22.9 Å². The summed E-state index contributed by atoms with van der Waals surface area (Å²) < 4.78 is 0. The van der Waals surface area contributed by atoms with Crippen molar-refractivity contribution in [2.24, 2.45) is 5.92 Å². The fourth-order valence-corrected chi connectivity index (χ4v) is 3.49. The van der Waals surface area contributed by atoms with E-state index in [1.165, 1.54) is 24.2 Å². The number of nitrogens with zero attached hydrogens (tertiary/aromatic N) is 2. The maximum absolute atomic E-state index is 12.3. The molecule has 2 heterocycles. The molecule has 6 heteroatoms. The van der Waals surface area contributed by atoms with Gasteiger partial charge in [0.2, 0.25) is 0 Å². The molecule has 0 bridgehead atoms. The Bertz CT molecular complexity index is 659. The van der Waals surface area contributed by atoms with E-state index in [-0.39, 0.29) is 5.91 Å². The molecule has 1 unspecified atom stereocenters. The van der Waals surface area contributed by atoms with Crippen LogP contribution in [0.2, 0.25) is 5.02 Å². The summed E-state index contributed by atoms with van der Waals surface area (Å²) in [6.45, 7) is 4.28. The molecule has 4 nitrogen and oxygen atoms in total. The predicted molar refractivity (Wildman–Crippen MR) is 92.1 cm³/mol. The van der Waals surface area contributed by atoms with E-state index in [4.69, 9.17) is 11.6 Å². The molecule has 0 aliphatic carbocycles. The van der Waals surface area contributed by atoms with Gasteiger partial charge in [-0.25, -0.2) is 0 Å². The first-order chi connectivity index (χ1) is 10.6. The summed E-state index contributed by atoms with van der Waals surface area (Å²) in [6, 6.07) is 5.68. The van der Waals surface area contributed by atoms with Crippen LogP contribution in [0, 0.1) is 5.92 Å². The molecule has 1 N–H and O–H groups in total. The smallest absolute Gasteiger partial charge is 0.267 e. The van der Waals surface area contributed by atoms with Gasteiger partial charge in [-0.1, -0.05) is 18.5 Å². The Labute approximate surface area is 139 Å². The largest absolute Gasteiger partial charge is 0.370 e. The molecule has 1 aliphatic rings.